The Hall–Kier alpha value is -1.35. The summed E-state index contributed by atoms with van der Waals surface area (Å²) in [6.07, 6.45) is 4.79. The number of halogens is 1. The zero-order valence-electron chi connectivity index (χ0n) is 14.9. The van der Waals surface area contributed by atoms with Crippen LogP contribution in [0.4, 0.5) is 5.69 Å². The molecule has 0 saturated carbocycles. The Labute approximate surface area is 167 Å². The number of nitrogens with one attached hydrogen (secondary N) is 1. The summed E-state index contributed by atoms with van der Waals surface area (Å²) in [5.74, 6) is 0.664. The van der Waals surface area contributed by atoms with E-state index in [0.29, 0.717) is 25.5 Å². The third-order valence-electron chi connectivity index (χ3n) is 4.12. The lowest BCUT2D eigenvalue weighted by Gasteiger charge is -2.19. The molecule has 1 saturated heterocycles. The van der Waals surface area contributed by atoms with Gasteiger partial charge in [0.05, 0.1) is 6.61 Å². The fourth-order valence-electron chi connectivity index (χ4n) is 2.84. The summed E-state index contributed by atoms with van der Waals surface area (Å²) in [5.41, 5.74) is 7.90. The molecule has 6 nitrogen and oxygen atoms in total. The average Bonchev–Trinajstić information content (AvgIpc) is 2.78. The van der Waals surface area contributed by atoms with E-state index in [1.807, 2.05) is 29.2 Å². The van der Waals surface area contributed by atoms with Crippen LogP contribution in [0.3, 0.4) is 0 Å². The molecule has 140 valence electrons. The maximum Gasteiger partial charge on any atom is 0.222 e. The van der Waals surface area contributed by atoms with Crippen molar-refractivity contribution in [1.29, 1.82) is 0 Å². The summed E-state index contributed by atoms with van der Waals surface area (Å²) < 4.78 is 5.18. The largest absolute Gasteiger partial charge is 0.380 e. The van der Waals surface area contributed by atoms with Gasteiger partial charge in [0.25, 0.3) is 0 Å². The van der Waals surface area contributed by atoms with E-state index in [1.165, 1.54) is 0 Å². The zero-order chi connectivity index (χ0) is 17.2. The Kier molecular flexibility index (Phi) is 10.5. The van der Waals surface area contributed by atoms with Crippen LogP contribution in [0.15, 0.2) is 29.3 Å². The molecule has 3 N–H and O–H groups in total. The average molecular weight is 460 g/mol. The lowest BCUT2D eigenvalue weighted by atomic mass is 10.2. The van der Waals surface area contributed by atoms with Crippen LogP contribution in [0.1, 0.15) is 37.7 Å². The SMILES string of the molecule is COCc1ccccc1NC(N)=NCCCN1CCCCCC1=O.I. The molecule has 1 aromatic carbocycles. The number of nitrogens with zero attached hydrogens (tertiary/aromatic N) is 2. The molecule has 1 aromatic rings. The van der Waals surface area contributed by atoms with Crippen LogP contribution in [-0.2, 0) is 16.1 Å². The van der Waals surface area contributed by atoms with Crippen molar-refractivity contribution in [2.24, 2.45) is 10.7 Å². The third-order valence-corrected chi connectivity index (χ3v) is 4.12. The van der Waals surface area contributed by atoms with E-state index in [4.69, 9.17) is 10.5 Å². The first-order valence-electron chi connectivity index (χ1n) is 8.62. The van der Waals surface area contributed by atoms with Crippen molar-refractivity contribution in [3.8, 4) is 0 Å². The van der Waals surface area contributed by atoms with Crippen LogP contribution in [0, 0.1) is 0 Å². The number of hydrogen-bond acceptors (Lipinski definition) is 3. The second-order valence-corrected chi connectivity index (χ2v) is 6.03. The van der Waals surface area contributed by atoms with E-state index in [-0.39, 0.29) is 29.9 Å². The number of hydrogen-bond donors (Lipinski definition) is 2. The molecule has 0 aromatic heterocycles. The summed E-state index contributed by atoms with van der Waals surface area (Å²) in [4.78, 5) is 18.2. The Balaban J connectivity index is 0.00000312. The fourth-order valence-corrected chi connectivity index (χ4v) is 2.84. The number of ether oxygens (including phenoxy) is 1. The number of para-hydroxylation sites is 1. The highest BCUT2D eigenvalue weighted by Gasteiger charge is 2.15. The van der Waals surface area contributed by atoms with Crippen molar-refractivity contribution in [2.75, 3.05) is 32.1 Å². The molecule has 7 heteroatoms. The second kappa shape index (κ2) is 12.1. The number of nitrogens with two attached hydrogens (primary N) is 1. The molecule has 0 bridgehead atoms. The maximum atomic E-state index is 11.9. The smallest absolute Gasteiger partial charge is 0.222 e. The number of carbonyl (C=O) groups is 1. The number of aliphatic imine (C=N–C) groups is 1. The van der Waals surface area contributed by atoms with Gasteiger partial charge in [0, 0.05) is 44.4 Å². The predicted octanol–water partition coefficient (Wildman–Crippen LogP) is 2.97. The van der Waals surface area contributed by atoms with Gasteiger partial charge in [-0.3, -0.25) is 9.79 Å². The molecular weight excluding hydrogens is 431 g/mol. The summed E-state index contributed by atoms with van der Waals surface area (Å²) in [5, 5.41) is 3.12. The van der Waals surface area contributed by atoms with Crippen LogP contribution < -0.4 is 11.1 Å². The van der Waals surface area contributed by atoms with Gasteiger partial charge in [0.15, 0.2) is 5.96 Å². The van der Waals surface area contributed by atoms with E-state index >= 15 is 0 Å². The minimum atomic E-state index is 0. The molecule has 0 unspecified atom stereocenters. The number of carbonyl (C=O) groups excluding carboxylic acids is 1. The quantitative estimate of drug-likeness (QED) is 0.284. The van der Waals surface area contributed by atoms with Gasteiger partial charge in [-0.15, -0.1) is 24.0 Å². The molecule has 1 fully saturated rings. The summed E-state index contributed by atoms with van der Waals surface area (Å²) >= 11 is 0. The lowest BCUT2D eigenvalue weighted by molar-refractivity contribution is -0.130. The Bertz CT molecular complexity index is 566. The van der Waals surface area contributed by atoms with Crippen LogP contribution in [0.25, 0.3) is 0 Å². The fraction of sp³-hybridized carbons (Fsp3) is 0.556. The van der Waals surface area contributed by atoms with Crippen LogP contribution >= 0.6 is 24.0 Å². The molecule has 0 spiro atoms. The highest BCUT2D eigenvalue weighted by molar-refractivity contribution is 14.0. The molecule has 1 aliphatic heterocycles. The van der Waals surface area contributed by atoms with Crippen molar-refractivity contribution in [3.05, 3.63) is 29.8 Å². The molecule has 1 heterocycles. The maximum absolute atomic E-state index is 11.9. The number of likely N-dealkylation sites (tertiary alicyclic amines) is 1. The van der Waals surface area contributed by atoms with Crippen molar-refractivity contribution >= 4 is 41.5 Å². The standard InChI is InChI=1S/C18H28N4O2.HI/c1-24-14-15-8-4-5-9-16(15)21-18(19)20-11-7-13-22-12-6-2-3-10-17(22)23;/h4-5,8-9H,2-3,6-7,10-14H2,1H3,(H3,19,20,21);1H. The van der Waals surface area contributed by atoms with Gasteiger partial charge in [0.2, 0.25) is 5.91 Å². The van der Waals surface area contributed by atoms with Gasteiger partial charge in [-0.1, -0.05) is 24.6 Å². The number of amides is 1. The molecule has 0 aliphatic carbocycles. The predicted molar refractivity (Wildman–Crippen MR) is 112 cm³/mol. The molecule has 0 radical (unpaired) electrons. The highest BCUT2D eigenvalue weighted by Crippen LogP contribution is 2.15. The van der Waals surface area contributed by atoms with E-state index in [1.54, 1.807) is 7.11 Å². The van der Waals surface area contributed by atoms with Gasteiger partial charge in [-0.25, -0.2) is 0 Å². The van der Waals surface area contributed by atoms with Crippen LogP contribution in [0.2, 0.25) is 0 Å². The normalized spacial score (nSPS) is 15.5. The van der Waals surface area contributed by atoms with Crippen molar-refractivity contribution in [3.63, 3.8) is 0 Å². The van der Waals surface area contributed by atoms with Gasteiger partial charge >= 0.3 is 0 Å². The van der Waals surface area contributed by atoms with Gasteiger partial charge in [0.1, 0.15) is 0 Å². The van der Waals surface area contributed by atoms with Gasteiger partial charge in [-0.05, 0) is 25.3 Å². The van der Waals surface area contributed by atoms with Gasteiger partial charge < -0.3 is 20.7 Å². The first-order valence-corrected chi connectivity index (χ1v) is 8.62. The Morgan fingerprint density at radius 2 is 2.12 bits per heavy atom. The Morgan fingerprint density at radius 3 is 2.92 bits per heavy atom. The first-order chi connectivity index (χ1) is 11.7. The number of benzene rings is 1. The number of anilines is 1. The van der Waals surface area contributed by atoms with E-state index in [9.17, 15) is 4.79 Å². The summed E-state index contributed by atoms with van der Waals surface area (Å²) in [6, 6.07) is 7.85. The number of methoxy groups -OCH3 is 1. The lowest BCUT2D eigenvalue weighted by Crippen LogP contribution is -2.31. The minimum Gasteiger partial charge on any atom is -0.380 e. The molecular formula is C18H29IN4O2. The number of guanidine groups is 1. The number of rotatable bonds is 7. The molecule has 2 rings (SSSR count). The monoisotopic (exact) mass is 460 g/mol. The van der Waals surface area contributed by atoms with Crippen molar-refractivity contribution < 1.29 is 9.53 Å². The van der Waals surface area contributed by atoms with E-state index < -0.39 is 0 Å². The molecule has 1 amide bonds. The van der Waals surface area contributed by atoms with Crippen LogP contribution in [0.5, 0.6) is 0 Å². The topological polar surface area (TPSA) is 80.0 Å². The summed E-state index contributed by atoms with van der Waals surface area (Å²) in [7, 11) is 1.67. The van der Waals surface area contributed by atoms with E-state index in [0.717, 1.165) is 50.0 Å². The van der Waals surface area contributed by atoms with E-state index in [2.05, 4.69) is 10.3 Å². The third kappa shape index (κ3) is 7.60. The van der Waals surface area contributed by atoms with Crippen LogP contribution in [-0.4, -0.2) is 43.5 Å². The second-order valence-electron chi connectivity index (χ2n) is 6.03. The zero-order valence-corrected chi connectivity index (χ0v) is 17.2. The Morgan fingerprint density at radius 1 is 1.32 bits per heavy atom. The molecule has 1 aliphatic rings. The van der Waals surface area contributed by atoms with Crippen molar-refractivity contribution in [2.45, 2.75) is 38.7 Å². The summed E-state index contributed by atoms with van der Waals surface area (Å²) in [6.45, 7) is 2.76. The minimum absolute atomic E-state index is 0. The molecule has 25 heavy (non-hydrogen) atoms. The first kappa shape index (κ1) is 21.7. The van der Waals surface area contributed by atoms with Crippen molar-refractivity contribution in [1.82, 2.24) is 4.90 Å². The van der Waals surface area contributed by atoms with Gasteiger partial charge in [-0.2, -0.15) is 0 Å². The highest BCUT2D eigenvalue weighted by atomic mass is 127. The molecule has 0 atom stereocenters.